The van der Waals surface area contributed by atoms with Crippen molar-refractivity contribution in [3.05, 3.63) is 0 Å². The van der Waals surface area contributed by atoms with Crippen molar-refractivity contribution >= 4 is 5.91 Å². The second kappa shape index (κ2) is 6.23. The van der Waals surface area contributed by atoms with Gasteiger partial charge in [0.15, 0.2) is 0 Å². The fourth-order valence-electron chi connectivity index (χ4n) is 2.41. The molecule has 3 N–H and O–H groups in total. The molecule has 0 radical (unpaired) electrons. The number of primary amides is 1. The zero-order valence-electron chi connectivity index (χ0n) is 9.72. The van der Waals surface area contributed by atoms with Crippen LogP contribution in [-0.2, 0) is 4.79 Å². The van der Waals surface area contributed by atoms with Gasteiger partial charge in [0.25, 0.3) is 0 Å². The normalized spacial score (nSPS) is 20.2. The minimum absolute atomic E-state index is 0.0131. The number of carbonyl (C=O) groups excluding carboxylic acids is 1. The Morgan fingerprint density at radius 1 is 1.29 bits per heavy atom. The average molecular weight is 252 g/mol. The highest BCUT2D eigenvalue weighted by Crippen LogP contribution is 2.28. The number of alkyl halides is 3. The van der Waals surface area contributed by atoms with E-state index in [4.69, 9.17) is 5.73 Å². The highest BCUT2D eigenvalue weighted by Gasteiger charge is 2.31. The highest BCUT2D eigenvalue weighted by atomic mass is 19.4. The Balaban J connectivity index is 2.49. The Labute approximate surface area is 98.9 Å². The van der Waals surface area contributed by atoms with Gasteiger partial charge in [0, 0.05) is 12.5 Å². The van der Waals surface area contributed by atoms with Crippen LogP contribution in [0.4, 0.5) is 13.2 Å². The van der Waals surface area contributed by atoms with Gasteiger partial charge in [-0.05, 0) is 18.8 Å². The summed E-state index contributed by atoms with van der Waals surface area (Å²) in [7, 11) is 0. The molecular weight excluding hydrogens is 233 g/mol. The maximum absolute atomic E-state index is 12.1. The summed E-state index contributed by atoms with van der Waals surface area (Å²) in [6.07, 6.45) is 0.664. The average Bonchev–Trinajstić information content (AvgIpc) is 2.24. The van der Waals surface area contributed by atoms with E-state index >= 15 is 0 Å². The molecule has 0 spiro atoms. The fourth-order valence-corrected chi connectivity index (χ4v) is 2.41. The van der Waals surface area contributed by atoms with Gasteiger partial charge in [-0.1, -0.05) is 19.3 Å². The number of halogens is 3. The van der Waals surface area contributed by atoms with Crippen LogP contribution in [0.5, 0.6) is 0 Å². The molecule has 0 aromatic carbocycles. The molecule has 0 unspecified atom stereocenters. The highest BCUT2D eigenvalue weighted by molar-refractivity contribution is 5.74. The van der Waals surface area contributed by atoms with Crippen molar-refractivity contribution in [2.24, 2.45) is 11.7 Å². The molecule has 1 aliphatic rings. The summed E-state index contributed by atoms with van der Waals surface area (Å²) in [6.45, 7) is -1.05. The Bertz CT molecular complexity index is 250. The van der Waals surface area contributed by atoms with Gasteiger partial charge in [0.2, 0.25) is 5.91 Å². The SMILES string of the molecule is NC(=O)C[C@@H](NCC(F)(F)F)C1CCCCC1. The van der Waals surface area contributed by atoms with E-state index in [0.29, 0.717) is 0 Å². The molecule has 0 aromatic heterocycles. The molecule has 3 nitrogen and oxygen atoms in total. The largest absolute Gasteiger partial charge is 0.401 e. The van der Waals surface area contributed by atoms with Gasteiger partial charge in [0.05, 0.1) is 6.54 Å². The molecular formula is C11H19F3N2O. The summed E-state index contributed by atoms with van der Waals surface area (Å²) in [5.41, 5.74) is 5.08. The van der Waals surface area contributed by atoms with Crippen molar-refractivity contribution in [1.82, 2.24) is 5.32 Å². The zero-order valence-corrected chi connectivity index (χ0v) is 9.72. The van der Waals surface area contributed by atoms with E-state index in [1.807, 2.05) is 0 Å². The lowest BCUT2D eigenvalue weighted by molar-refractivity contribution is -0.129. The van der Waals surface area contributed by atoms with Gasteiger partial charge in [-0.15, -0.1) is 0 Å². The van der Waals surface area contributed by atoms with E-state index < -0.39 is 24.7 Å². The van der Waals surface area contributed by atoms with Crippen molar-refractivity contribution in [3.8, 4) is 0 Å². The fraction of sp³-hybridized carbons (Fsp3) is 0.909. The second-order valence-electron chi connectivity index (χ2n) is 4.67. The quantitative estimate of drug-likeness (QED) is 0.786. The van der Waals surface area contributed by atoms with Crippen LogP contribution in [0.15, 0.2) is 0 Å². The molecule has 1 atom stereocenters. The van der Waals surface area contributed by atoms with E-state index in [1.165, 1.54) is 0 Å². The van der Waals surface area contributed by atoms with Gasteiger partial charge < -0.3 is 11.1 Å². The first-order valence-corrected chi connectivity index (χ1v) is 5.97. The monoisotopic (exact) mass is 252 g/mol. The smallest absolute Gasteiger partial charge is 0.370 e. The van der Waals surface area contributed by atoms with Gasteiger partial charge in [-0.3, -0.25) is 4.79 Å². The summed E-state index contributed by atoms with van der Waals surface area (Å²) in [6, 6.07) is -0.436. The molecule has 1 amide bonds. The lowest BCUT2D eigenvalue weighted by atomic mass is 9.82. The maximum atomic E-state index is 12.1. The zero-order chi connectivity index (χ0) is 12.9. The van der Waals surface area contributed by atoms with Crippen molar-refractivity contribution in [2.75, 3.05) is 6.54 Å². The number of nitrogens with two attached hydrogens (primary N) is 1. The summed E-state index contributed by atoms with van der Waals surface area (Å²) in [4.78, 5) is 10.9. The van der Waals surface area contributed by atoms with Crippen LogP contribution in [0.25, 0.3) is 0 Å². The standard InChI is InChI=1S/C11H19F3N2O/c12-11(13,14)7-16-9(6-10(15)17)8-4-2-1-3-5-8/h8-9,16H,1-7H2,(H2,15,17)/t9-/m1/s1. The third-order valence-electron chi connectivity index (χ3n) is 3.20. The molecule has 100 valence electrons. The van der Waals surface area contributed by atoms with Crippen LogP contribution < -0.4 is 11.1 Å². The first kappa shape index (κ1) is 14.3. The second-order valence-corrected chi connectivity index (χ2v) is 4.67. The van der Waals surface area contributed by atoms with Gasteiger partial charge in [-0.25, -0.2) is 0 Å². The number of nitrogens with one attached hydrogen (secondary N) is 1. The number of amides is 1. The van der Waals surface area contributed by atoms with Crippen LogP contribution in [0, 0.1) is 5.92 Å². The summed E-state index contributed by atoms with van der Waals surface area (Å²) in [5.74, 6) is -0.408. The van der Waals surface area contributed by atoms with E-state index in [2.05, 4.69) is 5.32 Å². The Morgan fingerprint density at radius 3 is 2.35 bits per heavy atom. The van der Waals surface area contributed by atoms with Crippen molar-refractivity contribution < 1.29 is 18.0 Å². The predicted octanol–water partition coefficient (Wildman–Crippen LogP) is 1.96. The molecule has 1 saturated carbocycles. The molecule has 0 saturated heterocycles. The molecule has 1 fully saturated rings. The third-order valence-corrected chi connectivity index (χ3v) is 3.20. The maximum Gasteiger partial charge on any atom is 0.401 e. The van der Waals surface area contributed by atoms with Crippen molar-refractivity contribution in [1.29, 1.82) is 0 Å². The van der Waals surface area contributed by atoms with Gasteiger partial charge in [-0.2, -0.15) is 13.2 Å². The van der Waals surface area contributed by atoms with E-state index in [0.717, 1.165) is 32.1 Å². The molecule has 0 bridgehead atoms. The molecule has 0 aromatic rings. The van der Waals surface area contributed by atoms with Crippen LogP contribution in [0.3, 0.4) is 0 Å². The number of rotatable bonds is 5. The van der Waals surface area contributed by atoms with Crippen molar-refractivity contribution in [2.45, 2.75) is 50.7 Å². The molecule has 6 heteroatoms. The van der Waals surface area contributed by atoms with Crippen molar-refractivity contribution in [3.63, 3.8) is 0 Å². The molecule has 0 aliphatic heterocycles. The first-order chi connectivity index (χ1) is 7.88. The number of carbonyl (C=O) groups is 1. The first-order valence-electron chi connectivity index (χ1n) is 5.97. The molecule has 0 heterocycles. The van der Waals surface area contributed by atoms with Crippen LogP contribution in [-0.4, -0.2) is 24.7 Å². The van der Waals surface area contributed by atoms with E-state index in [-0.39, 0.29) is 12.3 Å². The van der Waals surface area contributed by atoms with E-state index in [1.54, 1.807) is 0 Å². The lowest BCUT2D eigenvalue weighted by Gasteiger charge is -2.30. The van der Waals surface area contributed by atoms with Gasteiger partial charge >= 0.3 is 6.18 Å². The predicted molar refractivity (Wildman–Crippen MR) is 58.2 cm³/mol. The summed E-state index contributed by atoms with van der Waals surface area (Å²) < 4.78 is 36.4. The number of hydrogen-bond acceptors (Lipinski definition) is 2. The topological polar surface area (TPSA) is 55.1 Å². The summed E-state index contributed by atoms with van der Waals surface area (Å²) in [5, 5.41) is 2.43. The molecule has 17 heavy (non-hydrogen) atoms. The Morgan fingerprint density at radius 2 is 1.88 bits per heavy atom. The number of hydrogen-bond donors (Lipinski definition) is 2. The Kier molecular flexibility index (Phi) is 5.24. The minimum Gasteiger partial charge on any atom is -0.370 e. The summed E-state index contributed by atoms with van der Waals surface area (Å²) >= 11 is 0. The van der Waals surface area contributed by atoms with Crippen LogP contribution in [0.2, 0.25) is 0 Å². The third kappa shape index (κ3) is 5.91. The Hall–Kier alpha value is -0.780. The lowest BCUT2D eigenvalue weighted by Crippen LogP contribution is -2.44. The van der Waals surface area contributed by atoms with Crippen LogP contribution >= 0.6 is 0 Å². The van der Waals surface area contributed by atoms with Gasteiger partial charge in [0.1, 0.15) is 0 Å². The minimum atomic E-state index is -4.25. The van der Waals surface area contributed by atoms with E-state index in [9.17, 15) is 18.0 Å². The van der Waals surface area contributed by atoms with Crippen LogP contribution in [0.1, 0.15) is 38.5 Å². The molecule has 1 rings (SSSR count). The molecule has 1 aliphatic carbocycles.